The van der Waals surface area contributed by atoms with Crippen molar-refractivity contribution in [3.63, 3.8) is 0 Å². The van der Waals surface area contributed by atoms with E-state index in [4.69, 9.17) is 0 Å². The van der Waals surface area contributed by atoms with Crippen LogP contribution in [0.15, 0.2) is 0 Å². The second kappa shape index (κ2) is 4.94. The van der Waals surface area contributed by atoms with E-state index in [1.165, 1.54) is 0 Å². The fourth-order valence-electron chi connectivity index (χ4n) is 1.00. The summed E-state index contributed by atoms with van der Waals surface area (Å²) in [5.41, 5.74) is 0.0379. The van der Waals surface area contributed by atoms with E-state index in [1.807, 2.05) is 0 Å². The van der Waals surface area contributed by atoms with Crippen LogP contribution in [0, 0.1) is 0 Å². The van der Waals surface area contributed by atoms with Crippen molar-refractivity contribution < 1.29 is 8.78 Å². The molecule has 1 aromatic heterocycles. The molecule has 1 N–H and O–H groups in total. The minimum absolute atomic E-state index is 0.0379. The fraction of sp³-hybridized carbons (Fsp3) is 0.778. The summed E-state index contributed by atoms with van der Waals surface area (Å²) < 4.78 is 24.4. The second-order valence-corrected chi connectivity index (χ2v) is 5.36. The molecule has 0 unspecified atom stereocenters. The first-order valence-corrected chi connectivity index (χ1v) is 5.55. The molecule has 1 rings (SSSR count). The lowest BCUT2D eigenvalue weighted by molar-refractivity contribution is 0.150. The molecule has 86 valence electrons. The van der Waals surface area contributed by atoms with Crippen LogP contribution in [0.2, 0.25) is 0 Å². The van der Waals surface area contributed by atoms with E-state index < -0.39 is 6.43 Å². The van der Waals surface area contributed by atoms with E-state index >= 15 is 0 Å². The van der Waals surface area contributed by atoms with Crippen LogP contribution < -0.4 is 5.32 Å². The van der Waals surface area contributed by atoms with E-state index in [9.17, 15) is 8.78 Å². The Kier molecular flexibility index (Phi) is 4.10. The molecule has 15 heavy (non-hydrogen) atoms. The van der Waals surface area contributed by atoms with Gasteiger partial charge in [-0.25, -0.2) is 8.78 Å². The summed E-state index contributed by atoms with van der Waals surface area (Å²) in [6, 6.07) is 0. The van der Waals surface area contributed by atoms with Crippen molar-refractivity contribution in [3.05, 3.63) is 10.0 Å². The lowest BCUT2D eigenvalue weighted by atomic mass is 10.1. The summed E-state index contributed by atoms with van der Waals surface area (Å²) in [5, 5.41) is 10.8. The van der Waals surface area contributed by atoms with Crippen LogP contribution in [0.5, 0.6) is 0 Å². The maximum Gasteiger partial charge on any atom is 0.291 e. The van der Waals surface area contributed by atoms with Gasteiger partial charge >= 0.3 is 0 Å². The van der Waals surface area contributed by atoms with Crippen LogP contribution in [0.3, 0.4) is 0 Å². The van der Waals surface area contributed by atoms with Gasteiger partial charge in [-0.2, -0.15) is 0 Å². The van der Waals surface area contributed by atoms with E-state index in [1.54, 1.807) is 0 Å². The van der Waals surface area contributed by atoms with Gasteiger partial charge in [0.15, 0.2) is 5.01 Å². The highest BCUT2D eigenvalue weighted by atomic mass is 32.1. The smallest absolute Gasteiger partial charge is 0.291 e. The van der Waals surface area contributed by atoms with Gasteiger partial charge < -0.3 is 5.32 Å². The number of hydrogen-bond acceptors (Lipinski definition) is 4. The molecule has 0 aromatic carbocycles. The van der Waals surface area contributed by atoms with Crippen molar-refractivity contribution in [3.8, 4) is 0 Å². The molecule has 0 saturated carbocycles. The van der Waals surface area contributed by atoms with Gasteiger partial charge in [-0.1, -0.05) is 11.3 Å². The zero-order chi connectivity index (χ0) is 11.5. The molecule has 0 atom stereocenters. The third kappa shape index (κ3) is 4.61. The predicted molar refractivity (Wildman–Crippen MR) is 56.3 cm³/mol. The number of hydrogen-bond donors (Lipinski definition) is 1. The van der Waals surface area contributed by atoms with E-state index in [0.717, 1.165) is 17.9 Å². The molecular formula is C9H15F2N3S. The highest BCUT2D eigenvalue weighted by Gasteiger charge is 2.14. The number of nitrogens with zero attached hydrogens (tertiary/aromatic N) is 2. The van der Waals surface area contributed by atoms with Crippen molar-refractivity contribution in [2.75, 3.05) is 6.54 Å². The minimum atomic E-state index is -2.51. The van der Waals surface area contributed by atoms with Crippen LogP contribution in [-0.4, -0.2) is 22.3 Å². The lowest BCUT2D eigenvalue weighted by Gasteiger charge is -2.19. The molecule has 3 nitrogen and oxygen atoms in total. The summed E-state index contributed by atoms with van der Waals surface area (Å²) in [6.07, 6.45) is -1.87. The monoisotopic (exact) mass is 235 g/mol. The predicted octanol–water partition coefficient (Wildman–Crippen LogP) is 2.41. The molecule has 0 spiro atoms. The zero-order valence-electron chi connectivity index (χ0n) is 9.05. The maximum atomic E-state index is 12.2. The highest BCUT2D eigenvalue weighted by molar-refractivity contribution is 7.11. The van der Waals surface area contributed by atoms with Crippen molar-refractivity contribution in [1.29, 1.82) is 0 Å². The molecule has 0 amide bonds. The molecule has 0 bridgehead atoms. The first kappa shape index (κ1) is 12.4. The van der Waals surface area contributed by atoms with Gasteiger partial charge in [0.05, 0.1) is 0 Å². The van der Waals surface area contributed by atoms with Crippen LogP contribution in [0.1, 0.15) is 37.2 Å². The molecule has 0 saturated heterocycles. The van der Waals surface area contributed by atoms with Crippen LogP contribution >= 0.6 is 11.3 Å². The molecule has 1 aromatic rings. The minimum Gasteiger partial charge on any atom is -0.312 e. The molecule has 0 aliphatic rings. The van der Waals surface area contributed by atoms with E-state index in [0.29, 0.717) is 11.4 Å². The van der Waals surface area contributed by atoms with Crippen LogP contribution in [-0.2, 0) is 6.42 Å². The molecule has 0 fully saturated rings. The summed E-state index contributed by atoms with van der Waals surface area (Å²) >= 11 is 0.979. The maximum absolute atomic E-state index is 12.2. The van der Waals surface area contributed by atoms with Crippen molar-refractivity contribution in [1.82, 2.24) is 15.5 Å². The van der Waals surface area contributed by atoms with Crippen molar-refractivity contribution in [2.45, 2.75) is 39.2 Å². The summed E-state index contributed by atoms with van der Waals surface area (Å²) in [4.78, 5) is 0. The number of nitrogens with one attached hydrogen (secondary N) is 1. The largest absolute Gasteiger partial charge is 0.312 e. The number of aromatic nitrogens is 2. The summed E-state index contributed by atoms with van der Waals surface area (Å²) in [5.74, 6) is 0. The third-order valence-corrected chi connectivity index (χ3v) is 2.65. The summed E-state index contributed by atoms with van der Waals surface area (Å²) in [6.45, 7) is 6.88. The topological polar surface area (TPSA) is 37.8 Å². The Balaban J connectivity index is 2.38. The number of halogens is 2. The molecule has 1 heterocycles. The Morgan fingerprint density at radius 3 is 2.47 bits per heavy atom. The molecule has 0 aliphatic heterocycles. The van der Waals surface area contributed by atoms with Crippen LogP contribution in [0.4, 0.5) is 8.78 Å². The quantitative estimate of drug-likeness (QED) is 0.870. The van der Waals surface area contributed by atoms with Gasteiger partial charge in [0, 0.05) is 18.5 Å². The number of alkyl halides is 2. The summed E-state index contributed by atoms with van der Waals surface area (Å²) in [7, 11) is 0. The van der Waals surface area contributed by atoms with Crippen molar-refractivity contribution >= 4 is 11.3 Å². The molecule has 0 aliphatic carbocycles. The Hall–Kier alpha value is -0.620. The third-order valence-electron chi connectivity index (χ3n) is 1.66. The second-order valence-electron chi connectivity index (χ2n) is 4.26. The molecule has 0 radical (unpaired) electrons. The molecular weight excluding hydrogens is 220 g/mol. The standard InChI is InChI=1S/C9H15F2N3S/c1-9(2,3)12-5-4-6-13-14-8(15-6)7(10)11/h7,12H,4-5H2,1-3H3. The first-order valence-electron chi connectivity index (χ1n) is 4.74. The fourth-order valence-corrected chi connectivity index (χ4v) is 1.70. The van der Waals surface area contributed by atoms with Gasteiger partial charge in [0.25, 0.3) is 6.43 Å². The Morgan fingerprint density at radius 1 is 1.33 bits per heavy atom. The van der Waals surface area contributed by atoms with Gasteiger partial charge in [-0.15, -0.1) is 10.2 Å². The SMILES string of the molecule is CC(C)(C)NCCc1nnc(C(F)F)s1. The van der Waals surface area contributed by atoms with Crippen LogP contribution in [0.25, 0.3) is 0 Å². The highest BCUT2D eigenvalue weighted by Crippen LogP contribution is 2.22. The van der Waals surface area contributed by atoms with E-state index in [2.05, 4.69) is 36.3 Å². The Bertz CT molecular complexity index is 307. The molecule has 6 heteroatoms. The van der Waals surface area contributed by atoms with Gasteiger partial charge in [-0.3, -0.25) is 0 Å². The average molecular weight is 235 g/mol. The average Bonchev–Trinajstić information content (AvgIpc) is 2.50. The van der Waals surface area contributed by atoms with E-state index in [-0.39, 0.29) is 10.5 Å². The van der Waals surface area contributed by atoms with Crippen molar-refractivity contribution in [2.24, 2.45) is 0 Å². The van der Waals surface area contributed by atoms with Gasteiger partial charge in [0.2, 0.25) is 0 Å². The zero-order valence-corrected chi connectivity index (χ0v) is 9.87. The van der Waals surface area contributed by atoms with Gasteiger partial charge in [-0.05, 0) is 20.8 Å². The number of rotatable bonds is 4. The normalized spacial score (nSPS) is 12.4. The van der Waals surface area contributed by atoms with Gasteiger partial charge in [0.1, 0.15) is 5.01 Å². The lowest BCUT2D eigenvalue weighted by Crippen LogP contribution is -2.37. The Morgan fingerprint density at radius 2 is 2.00 bits per heavy atom. The first-order chi connectivity index (χ1) is 6.88. The Labute approximate surface area is 91.9 Å².